The van der Waals surface area contributed by atoms with Gasteiger partial charge in [0.1, 0.15) is 24.2 Å². The first-order valence-corrected chi connectivity index (χ1v) is 13.2. The van der Waals surface area contributed by atoms with Gasteiger partial charge < -0.3 is 14.2 Å². The smallest absolute Gasteiger partial charge is 0.316 e. The van der Waals surface area contributed by atoms with Crippen molar-refractivity contribution in [3.05, 3.63) is 48.5 Å². The molecule has 0 aliphatic carbocycles. The second-order valence-corrected chi connectivity index (χ2v) is 10.3. The van der Waals surface area contributed by atoms with Crippen LogP contribution in [0.25, 0.3) is 0 Å². The van der Waals surface area contributed by atoms with Crippen molar-refractivity contribution in [3.63, 3.8) is 0 Å². The first-order chi connectivity index (χ1) is 16.7. The summed E-state index contributed by atoms with van der Waals surface area (Å²) in [6, 6.07) is 12.5. The van der Waals surface area contributed by atoms with Gasteiger partial charge in [-0.2, -0.15) is 12.7 Å². The van der Waals surface area contributed by atoms with E-state index in [4.69, 9.17) is 14.2 Å². The van der Waals surface area contributed by atoms with E-state index in [-0.39, 0.29) is 30.3 Å². The maximum absolute atomic E-state index is 12.9. The Kier molecular flexibility index (Phi) is 9.20. The zero-order valence-corrected chi connectivity index (χ0v) is 21.0. The number of esters is 1. The van der Waals surface area contributed by atoms with Gasteiger partial charge in [0, 0.05) is 45.7 Å². The maximum Gasteiger partial charge on any atom is 0.316 e. The van der Waals surface area contributed by atoms with Crippen LogP contribution in [0.5, 0.6) is 11.5 Å². The molecule has 0 amide bonds. The second-order valence-electron chi connectivity index (χ2n) is 7.73. The summed E-state index contributed by atoms with van der Waals surface area (Å²) < 4.78 is 68.4. The Hall–Kier alpha value is -3.00. The summed E-state index contributed by atoms with van der Waals surface area (Å²) >= 11 is 0. The number of carbonyl (C=O) groups excluding carboxylic acids is 1. The standard InChI is InChI=1S/C22H27N3O8S2/c1-17(26)33-21(16-32-20-5-3-4-18(14-20)23-34(27)28)15-24-10-12-25(13-11-24)35(29,30)22-8-6-19(31-2)7-9-22/h3-9,14,21H,10-13,15-16H2,1-2H3/t21-/m0/s1. The van der Waals surface area contributed by atoms with Gasteiger partial charge >= 0.3 is 16.5 Å². The Morgan fingerprint density at radius 1 is 1.06 bits per heavy atom. The van der Waals surface area contributed by atoms with Gasteiger partial charge in [0.2, 0.25) is 10.0 Å². The lowest BCUT2D eigenvalue weighted by molar-refractivity contribution is -0.149. The molecule has 0 spiro atoms. The molecule has 1 atom stereocenters. The lowest BCUT2D eigenvalue weighted by atomic mass is 10.3. The van der Waals surface area contributed by atoms with E-state index in [0.717, 1.165) is 0 Å². The maximum atomic E-state index is 12.9. The molecule has 1 aliphatic heterocycles. The number of carbonyl (C=O) groups is 1. The van der Waals surface area contributed by atoms with Crippen molar-refractivity contribution >= 4 is 32.2 Å². The van der Waals surface area contributed by atoms with Crippen molar-refractivity contribution in [3.8, 4) is 11.5 Å². The van der Waals surface area contributed by atoms with Crippen molar-refractivity contribution in [2.75, 3.05) is 46.4 Å². The van der Waals surface area contributed by atoms with Crippen molar-refractivity contribution in [1.82, 2.24) is 9.21 Å². The summed E-state index contributed by atoms with van der Waals surface area (Å²) in [5.41, 5.74) is 0.217. The highest BCUT2D eigenvalue weighted by atomic mass is 32.2. The highest BCUT2D eigenvalue weighted by Gasteiger charge is 2.30. The molecule has 2 aromatic carbocycles. The highest BCUT2D eigenvalue weighted by Crippen LogP contribution is 2.22. The molecule has 3 rings (SSSR count). The fraction of sp³-hybridized carbons (Fsp3) is 0.409. The molecule has 0 aromatic heterocycles. The Balaban J connectivity index is 1.58. The van der Waals surface area contributed by atoms with Crippen LogP contribution in [0.2, 0.25) is 0 Å². The number of methoxy groups -OCH3 is 1. The van der Waals surface area contributed by atoms with E-state index in [2.05, 4.69) is 4.36 Å². The monoisotopic (exact) mass is 525 g/mol. The molecule has 0 bridgehead atoms. The molecule has 0 unspecified atom stereocenters. The number of sulfonamides is 1. The minimum absolute atomic E-state index is 0.0356. The minimum atomic E-state index is -3.63. The van der Waals surface area contributed by atoms with Crippen molar-refractivity contribution in [2.24, 2.45) is 4.36 Å². The van der Waals surface area contributed by atoms with Crippen LogP contribution in [0.15, 0.2) is 57.8 Å². The molecule has 11 nitrogen and oxygen atoms in total. The van der Waals surface area contributed by atoms with Crippen LogP contribution in [0.1, 0.15) is 6.92 Å². The molecular formula is C22H27N3O8S2. The fourth-order valence-electron chi connectivity index (χ4n) is 3.60. The molecule has 1 heterocycles. The molecule has 1 fully saturated rings. The molecule has 13 heteroatoms. The third-order valence-corrected chi connectivity index (χ3v) is 7.53. The number of hydrogen-bond donors (Lipinski definition) is 0. The predicted octanol–water partition coefficient (Wildman–Crippen LogP) is 1.71. The van der Waals surface area contributed by atoms with Gasteiger partial charge in [-0.1, -0.05) is 6.07 Å². The van der Waals surface area contributed by atoms with Crippen molar-refractivity contribution < 1.29 is 35.8 Å². The average Bonchev–Trinajstić information content (AvgIpc) is 2.82. The van der Waals surface area contributed by atoms with Crippen LogP contribution in [-0.4, -0.2) is 84.6 Å². The Bertz CT molecular complexity index is 1250. The highest BCUT2D eigenvalue weighted by molar-refractivity contribution is 7.89. The minimum Gasteiger partial charge on any atom is -0.497 e. The summed E-state index contributed by atoms with van der Waals surface area (Å²) in [7, 11) is -4.70. The van der Waals surface area contributed by atoms with E-state index >= 15 is 0 Å². The van der Waals surface area contributed by atoms with E-state index in [1.165, 1.54) is 42.6 Å². The number of nitrogens with zero attached hydrogens (tertiary/aromatic N) is 3. The van der Waals surface area contributed by atoms with Gasteiger partial charge in [-0.25, -0.2) is 8.42 Å². The quantitative estimate of drug-likeness (QED) is 0.425. The van der Waals surface area contributed by atoms with Crippen LogP contribution in [0, 0.1) is 0 Å². The Morgan fingerprint density at radius 3 is 2.34 bits per heavy atom. The van der Waals surface area contributed by atoms with Crippen LogP contribution in [0.4, 0.5) is 5.69 Å². The molecule has 0 saturated carbocycles. The van der Waals surface area contributed by atoms with E-state index in [1.807, 2.05) is 4.90 Å². The molecule has 0 radical (unpaired) electrons. The van der Waals surface area contributed by atoms with Gasteiger partial charge in [-0.15, -0.1) is 4.36 Å². The lowest BCUT2D eigenvalue weighted by Crippen LogP contribution is -2.51. The van der Waals surface area contributed by atoms with E-state index in [1.54, 1.807) is 24.3 Å². The fourth-order valence-corrected chi connectivity index (χ4v) is 5.31. The summed E-state index contributed by atoms with van der Waals surface area (Å²) in [6.07, 6.45) is -0.605. The number of rotatable bonds is 10. The molecule has 2 aromatic rings. The molecule has 190 valence electrons. The normalized spacial score (nSPS) is 15.7. The number of benzene rings is 2. The predicted molar refractivity (Wildman–Crippen MR) is 127 cm³/mol. The largest absolute Gasteiger partial charge is 0.497 e. The third kappa shape index (κ3) is 7.75. The molecule has 0 N–H and O–H groups in total. The van der Waals surface area contributed by atoms with E-state index in [9.17, 15) is 21.6 Å². The summed E-state index contributed by atoms with van der Waals surface area (Å²) in [5, 5.41) is 0. The van der Waals surface area contributed by atoms with Gasteiger partial charge in [-0.3, -0.25) is 9.69 Å². The van der Waals surface area contributed by atoms with Gasteiger partial charge in [0.25, 0.3) is 0 Å². The number of ether oxygens (including phenoxy) is 3. The molecule has 35 heavy (non-hydrogen) atoms. The van der Waals surface area contributed by atoms with Crippen LogP contribution in [-0.2, 0) is 30.1 Å². The summed E-state index contributed by atoms with van der Waals surface area (Å²) in [6.45, 7) is 3.18. The Morgan fingerprint density at radius 2 is 1.74 bits per heavy atom. The molecule has 1 saturated heterocycles. The first-order valence-electron chi connectivity index (χ1n) is 10.7. The van der Waals surface area contributed by atoms with Gasteiger partial charge in [0.15, 0.2) is 0 Å². The number of hydrogen-bond acceptors (Lipinski definition) is 10. The lowest BCUT2D eigenvalue weighted by Gasteiger charge is -2.35. The second kappa shape index (κ2) is 12.1. The van der Waals surface area contributed by atoms with Gasteiger partial charge in [-0.05, 0) is 36.4 Å². The van der Waals surface area contributed by atoms with Crippen LogP contribution >= 0.6 is 0 Å². The van der Waals surface area contributed by atoms with Crippen LogP contribution in [0.3, 0.4) is 0 Å². The summed E-state index contributed by atoms with van der Waals surface area (Å²) in [5.74, 6) is 0.489. The molecule has 1 aliphatic rings. The number of piperazine rings is 1. The average molecular weight is 526 g/mol. The topological polar surface area (TPSA) is 132 Å². The van der Waals surface area contributed by atoms with Crippen molar-refractivity contribution in [1.29, 1.82) is 0 Å². The van der Waals surface area contributed by atoms with E-state index < -0.39 is 32.6 Å². The Labute approximate surface area is 206 Å². The van der Waals surface area contributed by atoms with Crippen molar-refractivity contribution in [2.45, 2.75) is 17.9 Å². The summed E-state index contributed by atoms with van der Waals surface area (Å²) in [4.78, 5) is 13.8. The SMILES string of the molecule is COc1ccc(S(=O)(=O)N2CCN(C[C@@H](COc3cccc(N=S(=O)=O)c3)OC(C)=O)CC2)cc1. The molecular weight excluding hydrogens is 498 g/mol. The van der Waals surface area contributed by atoms with E-state index in [0.29, 0.717) is 31.1 Å². The zero-order valence-electron chi connectivity index (χ0n) is 19.4. The van der Waals surface area contributed by atoms with Gasteiger partial charge in [0.05, 0.1) is 17.7 Å². The zero-order chi connectivity index (χ0) is 25.4. The van der Waals surface area contributed by atoms with Crippen LogP contribution < -0.4 is 9.47 Å². The third-order valence-electron chi connectivity index (χ3n) is 5.26. The first kappa shape index (κ1) is 26.6.